The molecule has 0 bridgehead atoms. The minimum absolute atomic E-state index is 0. The summed E-state index contributed by atoms with van der Waals surface area (Å²) in [6.07, 6.45) is 7.33. The van der Waals surface area contributed by atoms with Crippen LogP contribution in [0.3, 0.4) is 0 Å². The summed E-state index contributed by atoms with van der Waals surface area (Å²) in [6.45, 7) is 6.34. The molecule has 1 aromatic carbocycles. The van der Waals surface area contributed by atoms with E-state index in [2.05, 4.69) is 49.7 Å². The van der Waals surface area contributed by atoms with Crippen molar-refractivity contribution in [1.82, 2.24) is 20.4 Å². The van der Waals surface area contributed by atoms with Gasteiger partial charge in [-0.15, -0.1) is 24.0 Å². The highest BCUT2D eigenvalue weighted by Crippen LogP contribution is 2.16. The molecule has 7 nitrogen and oxygen atoms in total. The number of carbonyl (C=O) groups is 1. The maximum atomic E-state index is 11.1. The molecule has 2 saturated heterocycles. The van der Waals surface area contributed by atoms with Gasteiger partial charge >= 0.3 is 0 Å². The molecule has 8 heteroatoms. The number of hydrogen-bond acceptors (Lipinski definition) is 4. The summed E-state index contributed by atoms with van der Waals surface area (Å²) in [5.41, 5.74) is 8.04. The van der Waals surface area contributed by atoms with Gasteiger partial charge in [-0.05, 0) is 49.9 Å². The van der Waals surface area contributed by atoms with E-state index >= 15 is 0 Å². The van der Waals surface area contributed by atoms with E-state index in [0.717, 1.165) is 45.0 Å². The lowest BCUT2D eigenvalue weighted by atomic mass is 10.1. The third kappa shape index (κ3) is 8.94. The van der Waals surface area contributed by atoms with Gasteiger partial charge in [0.1, 0.15) is 0 Å². The summed E-state index contributed by atoms with van der Waals surface area (Å²) >= 11 is 0. The Morgan fingerprint density at radius 1 is 1.03 bits per heavy atom. The smallest absolute Gasteiger partial charge is 0.231 e. The van der Waals surface area contributed by atoms with Crippen LogP contribution in [0.4, 0.5) is 0 Å². The molecule has 0 saturated carbocycles. The zero-order valence-corrected chi connectivity index (χ0v) is 21.1. The quantitative estimate of drug-likeness (QED) is 0.280. The second-order valence-corrected chi connectivity index (χ2v) is 8.55. The number of hydrogen-bond donors (Lipinski definition) is 3. The van der Waals surface area contributed by atoms with Gasteiger partial charge in [-0.2, -0.15) is 0 Å². The molecule has 0 unspecified atom stereocenters. The van der Waals surface area contributed by atoms with Crippen molar-refractivity contribution in [3.05, 3.63) is 35.4 Å². The van der Waals surface area contributed by atoms with E-state index in [1.54, 1.807) is 0 Å². The molecule has 2 aliphatic heterocycles. The Morgan fingerprint density at radius 3 is 2.29 bits per heavy atom. The third-order valence-corrected chi connectivity index (χ3v) is 6.19. The Morgan fingerprint density at radius 2 is 1.68 bits per heavy atom. The van der Waals surface area contributed by atoms with Gasteiger partial charge in [-0.25, -0.2) is 0 Å². The van der Waals surface area contributed by atoms with E-state index in [4.69, 9.17) is 5.73 Å². The molecule has 4 N–H and O–H groups in total. The topological polar surface area (TPSA) is 86.0 Å². The molecule has 0 atom stereocenters. The van der Waals surface area contributed by atoms with Crippen molar-refractivity contribution in [2.45, 2.75) is 57.7 Å². The van der Waals surface area contributed by atoms with Crippen LogP contribution in [0.15, 0.2) is 29.3 Å². The molecule has 0 spiro atoms. The fourth-order valence-electron chi connectivity index (χ4n) is 4.44. The Kier molecular flexibility index (Phi) is 11.6. The SMILES string of the molecule is CN=C(NCc1ccccc1CN1CCCCCC1)NC1CCN(CC(N)=O)CC1.I. The number of nitrogens with zero attached hydrogens (tertiary/aromatic N) is 3. The van der Waals surface area contributed by atoms with Gasteiger partial charge in [0, 0.05) is 39.3 Å². The predicted octanol–water partition coefficient (Wildman–Crippen LogP) is 2.30. The molecule has 2 heterocycles. The van der Waals surface area contributed by atoms with Crippen LogP contribution in [-0.4, -0.2) is 67.5 Å². The van der Waals surface area contributed by atoms with E-state index in [1.807, 2.05) is 7.05 Å². The number of halogens is 1. The van der Waals surface area contributed by atoms with Crippen molar-refractivity contribution < 1.29 is 4.79 Å². The van der Waals surface area contributed by atoms with Crippen LogP contribution in [0, 0.1) is 0 Å². The number of guanidine groups is 1. The number of likely N-dealkylation sites (tertiary alicyclic amines) is 2. The van der Waals surface area contributed by atoms with Crippen molar-refractivity contribution in [3.63, 3.8) is 0 Å². The highest BCUT2D eigenvalue weighted by molar-refractivity contribution is 14.0. The number of primary amides is 1. The molecule has 31 heavy (non-hydrogen) atoms. The molecule has 174 valence electrons. The van der Waals surface area contributed by atoms with E-state index in [1.165, 1.54) is 49.9 Å². The minimum atomic E-state index is -0.252. The Labute approximate surface area is 204 Å². The summed E-state index contributed by atoms with van der Waals surface area (Å²) in [5, 5.41) is 7.04. The second kappa shape index (κ2) is 13.9. The van der Waals surface area contributed by atoms with Crippen LogP contribution in [0.5, 0.6) is 0 Å². The van der Waals surface area contributed by atoms with Gasteiger partial charge in [0.25, 0.3) is 0 Å². The zero-order valence-electron chi connectivity index (χ0n) is 18.8. The van der Waals surface area contributed by atoms with Gasteiger partial charge < -0.3 is 16.4 Å². The van der Waals surface area contributed by atoms with Crippen LogP contribution >= 0.6 is 24.0 Å². The first-order valence-electron chi connectivity index (χ1n) is 11.4. The van der Waals surface area contributed by atoms with Gasteiger partial charge in [-0.3, -0.25) is 19.6 Å². The summed E-state index contributed by atoms with van der Waals surface area (Å²) in [6, 6.07) is 9.10. The number of nitrogens with one attached hydrogen (secondary N) is 2. The lowest BCUT2D eigenvalue weighted by molar-refractivity contribution is -0.119. The fourth-order valence-corrected chi connectivity index (χ4v) is 4.44. The Bertz CT molecular complexity index is 697. The number of nitrogens with two attached hydrogens (primary N) is 1. The summed E-state index contributed by atoms with van der Waals surface area (Å²) in [5.74, 6) is 0.589. The van der Waals surface area contributed by atoms with Crippen LogP contribution in [-0.2, 0) is 17.9 Å². The summed E-state index contributed by atoms with van der Waals surface area (Å²) in [7, 11) is 1.82. The molecule has 0 radical (unpaired) electrons. The first-order valence-corrected chi connectivity index (χ1v) is 11.4. The Balaban J connectivity index is 0.00000341. The molecule has 3 rings (SSSR count). The van der Waals surface area contributed by atoms with Crippen LogP contribution in [0.1, 0.15) is 49.7 Å². The Hall–Kier alpha value is -1.39. The number of rotatable bonds is 7. The molecule has 0 aliphatic carbocycles. The number of benzene rings is 1. The highest BCUT2D eigenvalue weighted by Gasteiger charge is 2.21. The largest absolute Gasteiger partial charge is 0.369 e. The van der Waals surface area contributed by atoms with Crippen molar-refractivity contribution >= 4 is 35.8 Å². The van der Waals surface area contributed by atoms with Crippen molar-refractivity contribution in [1.29, 1.82) is 0 Å². The molecule has 2 fully saturated rings. The standard InChI is InChI=1S/C23H38N6O.HI/c1-25-23(27-21-10-14-29(15-11-21)18-22(24)30)26-16-19-8-4-5-9-20(19)17-28-12-6-2-3-7-13-28;/h4-5,8-9,21H,2-3,6-7,10-18H2,1H3,(H2,24,30)(H2,25,26,27);1H. The van der Waals surface area contributed by atoms with Crippen LogP contribution in [0.25, 0.3) is 0 Å². The highest BCUT2D eigenvalue weighted by atomic mass is 127. The summed E-state index contributed by atoms with van der Waals surface area (Å²) in [4.78, 5) is 20.2. The fraction of sp³-hybridized carbons (Fsp3) is 0.652. The molecule has 0 aromatic heterocycles. The van der Waals surface area contributed by atoms with E-state index in [9.17, 15) is 4.79 Å². The first kappa shape index (κ1) is 25.9. The van der Waals surface area contributed by atoms with Crippen LogP contribution < -0.4 is 16.4 Å². The van der Waals surface area contributed by atoms with Gasteiger partial charge in [0.2, 0.25) is 5.91 Å². The molecule has 1 aromatic rings. The minimum Gasteiger partial charge on any atom is -0.369 e. The third-order valence-electron chi connectivity index (χ3n) is 6.19. The normalized spacial score (nSPS) is 19.3. The number of aliphatic imine (C=N–C) groups is 1. The lowest BCUT2D eigenvalue weighted by Crippen LogP contribution is -2.49. The van der Waals surface area contributed by atoms with Gasteiger partial charge in [-0.1, -0.05) is 37.1 Å². The average Bonchev–Trinajstić information content (AvgIpc) is 3.01. The molecular formula is C23H39IN6O. The van der Waals surface area contributed by atoms with Gasteiger partial charge in [0.15, 0.2) is 5.96 Å². The van der Waals surface area contributed by atoms with Gasteiger partial charge in [0.05, 0.1) is 6.54 Å². The van der Waals surface area contributed by atoms with E-state index < -0.39 is 0 Å². The summed E-state index contributed by atoms with van der Waals surface area (Å²) < 4.78 is 0. The van der Waals surface area contributed by atoms with Crippen molar-refractivity contribution in [2.24, 2.45) is 10.7 Å². The maximum Gasteiger partial charge on any atom is 0.231 e. The second-order valence-electron chi connectivity index (χ2n) is 8.55. The average molecular weight is 543 g/mol. The lowest BCUT2D eigenvalue weighted by Gasteiger charge is -2.32. The van der Waals surface area contributed by atoms with Crippen molar-refractivity contribution in [2.75, 3.05) is 39.8 Å². The molecule has 1 amide bonds. The predicted molar refractivity (Wildman–Crippen MR) is 138 cm³/mol. The molecular weight excluding hydrogens is 503 g/mol. The number of amides is 1. The monoisotopic (exact) mass is 542 g/mol. The van der Waals surface area contributed by atoms with E-state index in [0.29, 0.717) is 12.6 Å². The van der Waals surface area contributed by atoms with E-state index in [-0.39, 0.29) is 29.9 Å². The zero-order chi connectivity index (χ0) is 21.2. The number of piperidine rings is 1. The van der Waals surface area contributed by atoms with Crippen molar-refractivity contribution in [3.8, 4) is 0 Å². The van der Waals surface area contributed by atoms with Crippen LogP contribution in [0.2, 0.25) is 0 Å². The number of carbonyl (C=O) groups excluding carboxylic acids is 1. The maximum absolute atomic E-state index is 11.1. The first-order chi connectivity index (χ1) is 14.6. The molecule has 2 aliphatic rings.